The van der Waals surface area contributed by atoms with Crippen LogP contribution in [0.2, 0.25) is 0 Å². The van der Waals surface area contributed by atoms with Crippen LogP contribution in [0.1, 0.15) is 24.0 Å². The topological polar surface area (TPSA) is 50.4 Å². The lowest BCUT2D eigenvalue weighted by molar-refractivity contribution is 0.129. The van der Waals surface area contributed by atoms with E-state index in [-0.39, 0.29) is 24.5 Å². The number of halogens is 2. The number of hydrogen-bond donors (Lipinski definition) is 2. The zero-order valence-corrected chi connectivity index (χ0v) is 15.5. The number of amides is 1. The molecule has 0 atom stereocenters. The van der Waals surface area contributed by atoms with Crippen molar-refractivity contribution < 1.29 is 13.9 Å². The second-order valence-corrected chi connectivity index (χ2v) is 7.15. The molecule has 1 saturated carbocycles. The highest BCUT2D eigenvalue weighted by Crippen LogP contribution is 2.29. The standard InChI is InChI=1S/C19H20BrFN2O2/c1-12-7-17(21)16(20)10-18(12)22-14-8-15(9-14)23-19(24)25-11-13-5-3-2-4-6-13/h2-7,10,14-15,22H,8-9,11H2,1H3,(H,23,24). The fourth-order valence-corrected chi connectivity index (χ4v) is 3.15. The van der Waals surface area contributed by atoms with Crippen LogP contribution in [0.3, 0.4) is 0 Å². The molecule has 25 heavy (non-hydrogen) atoms. The Bertz CT molecular complexity index is 749. The fraction of sp³-hybridized carbons (Fsp3) is 0.316. The lowest BCUT2D eigenvalue weighted by atomic mass is 9.86. The average molecular weight is 407 g/mol. The van der Waals surface area contributed by atoms with Gasteiger partial charge >= 0.3 is 6.09 Å². The van der Waals surface area contributed by atoms with Crippen LogP contribution in [-0.2, 0) is 11.3 Å². The molecular formula is C19H20BrFN2O2. The molecule has 0 aliphatic heterocycles. The van der Waals surface area contributed by atoms with E-state index in [1.807, 2.05) is 37.3 Å². The van der Waals surface area contributed by atoms with Crippen molar-refractivity contribution >= 4 is 27.7 Å². The van der Waals surface area contributed by atoms with Gasteiger partial charge in [-0.1, -0.05) is 30.3 Å². The first-order valence-corrected chi connectivity index (χ1v) is 9.00. The quantitative estimate of drug-likeness (QED) is 0.751. The molecule has 1 aliphatic carbocycles. The maximum Gasteiger partial charge on any atom is 0.407 e. The van der Waals surface area contributed by atoms with E-state index >= 15 is 0 Å². The Balaban J connectivity index is 1.41. The molecule has 4 nitrogen and oxygen atoms in total. The number of ether oxygens (including phenoxy) is 1. The van der Waals surface area contributed by atoms with Gasteiger partial charge in [0.1, 0.15) is 12.4 Å². The Morgan fingerprint density at radius 1 is 1.24 bits per heavy atom. The van der Waals surface area contributed by atoms with Crippen LogP contribution in [0, 0.1) is 12.7 Å². The molecule has 0 heterocycles. The molecule has 0 spiro atoms. The molecule has 132 valence electrons. The minimum Gasteiger partial charge on any atom is -0.445 e. The van der Waals surface area contributed by atoms with Crippen molar-refractivity contribution in [2.75, 3.05) is 5.32 Å². The SMILES string of the molecule is Cc1cc(F)c(Br)cc1NC1CC(NC(=O)OCc2ccccc2)C1. The van der Waals surface area contributed by atoms with Crippen LogP contribution in [0.15, 0.2) is 46.9 Å². The molecule has 0 saturated heterocycles. The number of nitrogens with one attached hydrogen (secondary N) is 2. The molecule has 0 bridgehead atoms. The van der Waals surface area contributed by atoms with Crippen molar-refractivity contribution in [3.8, 4) is 0 Å². The Labute approximate surface area is 154 Å². The lowest BCUT2D eigenvalue weighted by Gasteiger charge is -2.37. The summed E-state index contributed by atoms with van der Waals surface area (Å²) in [7, 11) is 0. The Morgan fingerprint density at radius 2 is 1.96 bits per heavy atom. The van der Waals surface area contributed by atoms with Gasteiger partial charge in [-0.15, -0.1) is 0 Å². The van der Waals surface area contributed by atoms with Gasteiger partial charge in [0.15, 0.2) is 0 Å². The first kappa shape index (κ1) is 17.7. The van der Waals surface area contributed by atoms with Gasteiger partial charge in [-0.3, -0.25) is 0 Å². The second kappa shape index (κ2) is 7.87. The normalized spacial score (nSPS) is 19.0. The van der Waals surface area contributed by atoms with Gasteiger partial charge in [0.05, 0.1) is 4.47 Å². The number of aryl methyl sites for hydroxylation is 1. The molecule has 0 aromatic heterocycles. The van der Waals surface area contributed by atoms with Crippen molar-refractivity contribution in [2.45, 2.75) is 38.5 Å². The summed E-state index contributed by atoms with van der Waals surface area (Å²) < 4.78 is 19.1. The van der Waals surface area contributed by atoms with Gasteiger partial charge in [0.25, 0.3) is 0 Å². The van der Waals surface area contributed by atoms with Gasteiger partial charge in [0, 0.05) is 17.8 Å². The largest absolute Gasteiger partial charge is 0.445 e. The number of carbonyl (C=O) groups excluding carboxylic acids is 1. The maximum atomic E-state index is 13.5. The number of anilines is 1. The van der Waals surface area contributed by atoms with Crippen LogP contribution >= 0.6 is 15.9 Å². The van der Waals surface area contributed by atoms with Crippen LogP contribution < -0.4 is 10.6 Å². The summed E-state index contributed by atoms with van der Waals surface area (Å²) >= 11 is 3.20. The van der Waals surface area contributed by atoms with Gasteiger partial charge in [-0.25, -0.2) is 9.18 Å². The smallest absolute Gasteiger partial charge is 0.407 e. The molecule has 2 aromatic carbocycles. The number of rotatable bonds is 5. The first-order chi connectivity index (χ1) is 12.0. The highest BCUT2D eigenvalue weighted by atomic mass is 79.9. The Morgan fingerprint density at radius 3 is 2.68 bits per heavy atom. The van der Waals surface area contributed by atoms with Crippen LogP contribution in [-0.4, -0.2) is 18.2 Å². The summed E-state index contributed by atoms with van der Waals surface area (Å²) in [6.45, 7) is 2.14. The predicted molar refractivity (Wildman–Crippen MR) is 99.0 cm³/mol. The van der Waals surface area contributed by atoms with Crippen LogP contribution in [0.5, 0.6) is 0 Å². The molecule has 1 aliphatic rings. The van der Waals surface area contributed by atoms with E-state index in [1.165, 1.54) is 6.07 Å². The molecule has 1 fully saturated rings. The molecule has 0 unspecified atom stereocenters. The highest BCUT2D eigenvalue weighted by molar-refractivity contribution is 9.10. The van der Waals surface area contributed by atoms with Gasteiger partial charge in [-0.05, 0) is 59.0 Å². The average Bonchev–Trinajstić information content (AvgIpc) is 2.56. The second-order valence-electron chi connectivity index (χ2n) is 6.30. The van der Waals surface area contributed by atoms with E-state index in [2.05, 4.69) is 26.6 Å². The summed E-state index contributed by atoms with van der Waals surface area (Å²) in [4.78, 5) is 11.8. The minimum absolute atomic E-state index is 0.102. The molecule has 2 N–H and O–H groups in total. The van der Waals surface area contributed by atoms with Crippen molar-refractivity contribution in [2.24, 2.45) is 0 Å². The number of carbonyl (C=O) groups is 1. The van der Waals surface area contributed by atoms with Crippen molar-refractivity contribution in [1.82, 2.24) is 5.32 Å². The first-order valence-electron chi connectivity index (χ1n) is 8.20. The third kappa shape index (κ3) is 4.72. The van der Waals surface area contributed by atoms with Crippen molar-refractivity contribution in [3.05, 3.63) is 63.9 Å². The molecule has 2 aromatic rings. The third-order valence-corrected chi connectivity index (χ3v) is 4.91. The maximum absolute atomic E-state index is 13.5. The van der Waals surface area contributed by atoms with Gasteiger partial charge in [0.2, 0.25) is 0 Å². The summed E-state index contributed by atoms with van der Waals surface area (Å²) in [5.74, 6) is -0.266. The van der Waals surface area contributed by atoms with Crippen LogP contribution in [0.4, 0.5) is 14.9 Å². The summed E-state index contributed by atoms with van der Waals surface area (Å²) in [6, 6.07) is 13.2. The van der Waals surface area contributed by atoms with Crippen LogP contribution in [0.25, 0.3) is 0 Å². The number of hydrogen-bond acceptors (Lipinski definition) is 3. The molecular weight excluding hydrogens is 387 g/mol. The van der Waals surface area contributed by atoms with E-state index < -0.39 is 6.09 Å². The minimum atomic E-state index is -0.395. The molecule has 1 amide bonds. The van der Waals surface area contributed by atoms with Crippen molar-refractivity contribution in [1.29, 1.82) is 0 Å². The van der Waals surface area contributed by atoms with E-state index in [9.17, 15) is 9.18 Å². The summed E-state index contributed by atoms with van der Waals surface area (Å²) in [5, 5.41) is 6.25. The van der Waals surface area contributed by atoms with E-state index in [0.29, 0.717) is 4.47 Å². The number of alkyl carbamates (subject to hydrolysis) is 1. The summed E-state index contributed by atoms with van der Waals surface area (Å²) in [6.07, 6.45) is 1.23. The molecule has 3 rings (SSSR count). The van der Waals surface area contributed by atoms with E-state index in [1.54, 1.807) is 6.07 Å². The predicted octanol–water partition coefficient (Wildman–Crippen LogP) is 4.77. The fourth-order valence-electron chi connectivity index (χ4n) is 2.81. The zero-order valence-electron chi connectivity index (χ0n) is 13.9. The van der Waals surface area contributed by atoms with Crippen molar-refractivity contribution in [3.63, 3.8) is 0 Å². The van der Waals surface area contributed by atoms with E-state index in [4.69, 9.17) is 4.74 Å². The van der Waals surface area contributed by atoms with Gasteiger partial charge < -0.3 is 15.4 Å². The Hall–Kier alpha value is -2.08. The molecule has 6 heteroatoms. The monoisotopic (exact) mass is 406 g/mol. The lowest BCUT2D eigenvalue weighted by Crippen LogP contribution is -2.49. The van der Waals surface area contributed by atoms with E-state index in [0.717, 1.165) is 29.7 Å². The molecule has 0 radical (unpaired) electrons. The zero-order chi connectivity index (χ0) is 17.8. The summed E-state index contributed by atoms with van der Waals surface area (Å²) in [5.41, 5.74) is 2.73. The van der Waals surface area contributed by atoms with Gasteiger partial charge in [-0.2, -0.15) is 0 Å². The highest BCUT2D eigenvalue weighted by Gasteiger charge is 2.31. The third-order valence-electron chi connectivity index (χ3n) is 4.30. The number of benzene rings is 2. The Kier molecular flexibility index (Phi) is 5.58.